The number of nitrogens with zero attached hydrogens (tertiary/aromatic N) is 2. The van der Waals surface area contributed by atoms with Crippen molar-refractivity contribution in [1.29, 1.82) is 0 Å². The second-order valence-corrected chi connectivity index (χ2v) is 4.49. The first-order valence-electron chi connectivity index (χ1n) is 5.58. The predicted molar refractivity (Wildman–Crippen MR) is 61.6 cm³/mol. The fourth-order valence-electron chi connectivity index (χ4n) is 2.25. The molecule has 0 saturated carbocycles. The lowest BCUT2D eigenvalue weighted by atomic mass is 10.1. The first-order chi connectivity index (χ1) is 8.13. The molecular formula is C12H13N3O2. The Bertz CT molecular complexity index is 559. The molecule has 0 bridgehead atoms. The Morgan fingerprint density at radius 2 is 2.41 bits per heavy atom. The van der Waals surface area contributed by atoms with E-state index in [0.29, 0.717) is 13.0 Å². The highest BCUT2D eigenvalue weighted by atomic mass is 16.4. The molecule has 3 heterocycles. The predicted octanol–water partition coefficient (Wildman–Crippen LogP) is 1.44. The van der Waals surface area contributed by atoms with Crippen molar-refractivity contribution in [2.24, 2.45) is 5.92 Å². The molecule has 1 aliphatic heterocycles. The Labute approximate surface area is 98.1 Å². The minimum Gasteiger partial charge on any atom is -0.481 e. The molecule has 3 rings (SSSR count). The zero-order valence-corrected chi connectivity index (χ0v) is 9.47. The molecule has 2 aromatic rings. The molecule has 2 aromatic heterocycles. The number of rotatable bonds is 2. The van der Waals surface area contributed by atoms with Gasteiger partial charge in [-0.05, 0) is 19.1 Å². The smallest absolute Gasteiger partial charge is 0.308 e. The number of H-pyrrole nitrogens is 1. The van der Waals surface area contributed by atoms with Gasteiger partial charge in [0.05, 0.1) is 11.6 Å². The zero-order chi connectivity index (χ0) is 12.0. The summed E-state index contributed by atoms with van der Waals surface area (Å²) in [5, 5.41) is 8.95. The number of carbonyl (C=O) groups is 1. The summed E-state index contributed by atoms with van der Waals surface area (Å²) in [7, 11) is 0. The van der Waals surface area contributed by atoms with Gasteiger partial charge in [0.15, 0.2) is 0 Å². The van der Waals surface area contributed by atoms with Crippen molar-refractivity contribution in [2.45, 2.75) is 19.9 Å². The molecule has 1 atom stereocenters. The van der Waals surface area contributed by atoms with E-state index in [1.54, 1.807) is 0 Å². The van der Waals surface area contributed by atoms with Gasteiger partial charge in [-0.25, -0.2) is 4.98 Å². The fraction of sp³-hybridized carbons (Fsp3) is 0.333. The Hall–Kier alpha value is -2.04. The summed E-state index contributed by atoms with van der Waals surface area (Å²) in [5.41, 5.74) is 2.96. The maximum atomic E-state index is 10.9. The first-order valence-corrected chi connectivity index (χ1v) is 5.58. The van der Waals surface area contributed by atoms with Crippen LogP contribution in [0, 0.1) is 12.8 Å². The van der Waals surface area contributed by atoms with Crippen LogP contribution in [0.2, 0.25) is 0 Å². The molecule has 0 radical (unpaired) electrons. The number of hydrogen-bond acceptors (Lipinski definition) is 2. The summed E-state index contributed by atoms with van der Waals surface area (Å²) in [6.45, 7) is 2.52. The number of fused-ring (bicyclic) bond motifs is 1. The Morgan fingerprint density at radius 3 is 3.00 bits per heavy atom. The molecule has 1 unspecified atom stereocenters. The fourth-order valence-corrected chi connectivity index (χ4v) is 2.25. The highest BCUT2D eigenvalue weighted by Gasteiger charge is 2.28. The maximum absolute atomic E-state index is 10.9. The van der Waals surface area contributed by atoms with Crippen molar-refractivity contribution >= 4 is 5.97 Å². The van der Waals surface area contributed by atoms with Crippen LogP contribution in [-0.2, 0) is 17.8 Å². The quantitative estimate of drug-likeness (QED) is 0.821. The first kappa shape index (κ1) is 10.1. The van der Waals surface area contributed by atoms with E-state index in [2.05, 4.69) is 9.97 Å². The van der Waals surface area contributed by atoms with Crippen molar-refractivity contribution in [3.63, 3.8) is 0 Å². The largest absolute Gasteiger partial charge is 0.481 e. The molecule has 2 N–H and O–H groups in total. The number of carboxylic acids is 1. The summed E-state index contributed by atoms with van der Waals surface area (Å²) >= 11 is 0. The summed E-state index contributed by atoms with van der Waals surface area (Å²) in [6, 6.07) is 3.99. The third kappa shape index (κ3) is 1.63. The van der Waals surface area contributed by atoms with Gasteiger partial charge in [0, 0.05) is 24.9 Å². The van der Waals surface area contributed by atoms with Gasteiger partial charge in [0.25, 0.3) is 0 Å². The third-order valence-electron chi connectivity index (χ3n) is 3.16. The van der Waals surface area contributed by atoms with E-state index in [4.69, 9.17) is 5.11 Å². The zero-order valence-electron chi connectivity index (χ0n) is 9.47. The third-order valence-corrected chi connectivity index (χ3v) is 3.16. The van der Waals surface area contributed by atoms with Crippen molar-refractivity contribution in [1.82, 2.24) is 14.5 Å². The van der Waals surface area contributed by atoms with Gasteiger partial charge < -0.3 is 14.7 Å². The van der Waals surface area contributed by atoms with Gasteiger partial charge in [-0.3, -0.25) is 4.79 Å². The van der Waals surface area contributed by atoms with Crippen molar-refractivity contribution in [3.05, 3.63) is 29.8 Å². The maximum Gasteiger partial charge on any atom is 0.308 e. The van der Waals surface area contributed by atoms with E-state index in [1.807, 2.05) is 29.8 Å². The van der Waals surface area contributed by atoms with Gasteiger partial charge in [-0.2, -0.15) is 0 Å². The van der Waals surface area contributed by atoms with Gasteiger partial charge in [0.2, 0.25) is 0 Å². The molecule has 0 spiro atoms. The van der Waals surface area contributed by atoms with Crippen LogP contribution in [0.15, 0.2) is 18.3 Å². The minimum atomic E-state index is -0.743. The van der Waals surface area contributed by atoms with E-state index < -0.39 is 5.97 Å². The Morgan fingerprint density at radius 1 is 1.59 bits per heavy atom. The number of aliphatic carboxylic acids is 1. The van der Waals surface area contributed by atoms with Gasteiger partial charge in [-0.1, -0.05) is 0 Å². The molecular weight excluding hydrogens is 218 g/mol. The van der Waals surface area contributed by atoms with Crippen LogP contribution in [-0.4, -0.2) is 25.6 Å². The van der Waals surface area contributed by atoms with Crippen LogP contribution in [0.25, 0.3) is 11.4 Å². The van der Waals surface area contributed by atoms with Crippen molar-refractivity contribution < 1.29 is 9.90 Å². The van der Waals surface area contributed by atoms with Crippen LogP contribution in [0.5, 0.6) is 0 Å². The Balaban J connectivity index is 1.89. The van der Waals surface area contributed by atoms with E-state index in [-0.39, 0.29) is 5.92 Å². The molecule has 0 saturated heterocycles. The van der Waals surface area contributed by atoms with Crippen LogP contribution in [0.3, 0.4) is 0 Å². The lowest BCUT2D eigenvalue weighted by Crippen LogP contribution is -2.14. The summed E-state index contributed by atoms with van der Waals surface area (Å²) in [5.74, 6) is -0.204. The molecule has 0 aliphatic carbocycles. The number of carboxylic acid groups (broad SMARTS) is 1. The monoisotopic (exact) mass is 231 g/mol. The number of hydrogen-bond donors (Lipinski definition) is 2. The highest BCUT2D eigenvalue weighted by Crippen LogP contribution is 2.25. The molecule has 0 amide bonds. The Kier molecular flexibility index (Phi) is 2.07. The van der Waals surface area contributed by atoms with E-state index in [0.717, 1.165) is 22.9 Å². The van der Waals surface area contributed by atoms with Crippen LogP contribution < -0.4 is 0 Å². The van der Waals surface area contributed by atoms with E-state index in [9.17, 15) is 4.79 Å². The minimum absolute atomic E-state index is 0.322. The second kappa shape index (κ2) is 3.48. The second-order valence-electron chi connectivity index (χ2n) is 4.49. The van der Waals surface area contributed by atoms with Crippen molar-refractivity contribution in [3.8, 4) is 11.4 Å². The van der Waals surface area contributed by atoms with E-state index in [1.165, 1.54) is 0 Å². The lowest BCUT2D eigenvalue weighted by molar-refractivity contribution is -0.141. The van der Waals surface area contributed by atoms with Gasteiger partial charge >= 0.3 is 5.97 Å². The molecule has 5 nitrogen and oxygen atoms in total. The molecule has 88 valence electrons. The molecule has 5 heteroatoms. The number of nitrogens with one attached hydrogen (secondary N) is 1. The molecule has 0 aromatic carbocycles. The number of aromatic nitrogens is 3. The van der Waals surface area contributed by atoms with Crippen LogP contribution in [0.1, 0.15) is 11.5 Å². The summed E-state index contributed by atoms with van der Waals surface area (Å²) < 4.78 is 1.93. The topological polar surface area (TPSA) is 70.9 Å². The number of imidazole rings is 1. The number of aryl methyl sites for hydroxylation is 1. The summed E-state index contributed by atoms with van der Waals surface area (Å²) in [6.07, 6.45) is 2.44. The van der Waals surface area contributed by atoms with Crippen molar-refractivity contribution in [2.75, 3.05) is 0 Å². The van der Waals surface area contributed by atoms with Gasteiger partial charge in [-0.15, -0.1) is 0 Å². The molecule has 1 aliphatic rings. The van der Waals surface area contributed by atoms with E-state index >= 15 is 0 Å². The molecule has 0 fully saturated rings. The highest BCUT2D eigenvalue weighted by molar-refractivity contribution is 5.71. The normalized spacial score (nSPS) is 18.3. The SMILES string of the molecule is Cc1ccc(-c2cn3c(n2)CC(C(=O)O)C3)[nH]1. The average Bonchev–Trinajstić information content (AvgIpc) is 2.88. The molecule has 17 heavy (non-hydrogen) atoms. The average molecular weight is 231 g/mol. The van der Waals surface area contributed by atoms with Crippen LogP contribution in [0.4, 0.5) is 0 Å². The number of aromatic amines is 1. The van der Waals surface area contributed by atoms with Gasteiger partial charge in [0.1, 0.15) is 11.5 Å². The lowest BCUT2D eigenvalue weighted by Gasteiger charge is -2.00. The standard InChI is InChI=1S/C12H13N3O2/c1-7-2-3-9(13-7)10-6-15-5-8(12(16)17)4-11(15)14-10/h2-3,6,8,13H,4-5H2,1H3,(H,16,17). The van der Waals surface area contributed by atoms with Crippen LogP contribution >= 0.6 is 0 Å². The summed E-state index contributed by atoms with van der Waals surface area (Å²) in [4.78, 5) is 18.6.